The van der Waals surface area contributed by atoms with E-state index in [9.17, 15) is 4.39 Å². The van der Waals surface area contributed by atoms with Crippen molar-refractivity contribution < 1.29 is 13.2 Å². The molecule has 1 aromatic rings. The molecule has 4 rings (SSSR count). The Bertz CT molecular complexity index is 797. The van der Waals surface area contributed by atoms with E-state index in [0.29, 0.717) is 23.0 Å². The molecule has 0 aromatic heterocycles. The first-order valence-electron chi connectivity index (χ1n) is 13.8. The lowest BCUT2D eigenvalue weighted by Crippen LogP contribution is -2.18. The second-order valence-corrected chi connectivity index (χ2v) is 11.5. The van der Waals surface area contributed by atoms with Gasteiger partial charge in [0.2, 0.25) is 0 Å². The minimum absolute atomic E-state index is 0.0740. The summed E-state index contributed by atoms with van der Waals surface area (Å²) in [5.41, 5.74) is 1.21. The van der Waals surface area contributed by atoms with E-state index in [1.807, 2.05) is 25.1 Å². The summed E-state index contributed by atoms with van der Waals surface area (Å²) < 4.78 is 44.1. The summed E-state index contributed by atoms with van der Waals surface area (Å²) in [6.07, 6.45) is 16.9. The van der Waals surface area contributed by atoms with E-state index in [2.05, 4.69) is 6.92 Å². The minimum Gasteiger partial charge on any atom is -0.212 e. The monoisotopic (exact) mass is 460 g/mol. The predicted molar refractivity (Wildman–Crippen MR) is 131 cm³/mol. The maximum atomic E-state index is 15.1. The van der Waals surface area contributed by atoms with E-state index in [0.717, 1.165) is 83.0 Å². The molecule has 0 nitrogen and oxygen atoms in total. The summed E-state index contributed by atoms with van der Waals surface area (Å²) in [5.74, 6) is 1.12. The van der Waals surface area contributed by atoms with Gasteiger partial charge >= 0.3 is 0 Å². The van der Waals surface area contributed by atoms with Gasteiger partial charge in [-0.15, -0.1) is 0 Å². The van der Waals surface area contributed by atoms with Crippen LogP contribution in [0.15, 0.2) is 24.0 Å². The second-order valence-electron chi connectivity index (χ2n) is 11.5. The topological polar surface area (TPSA) is 0 Å². The molecule has 0 spiro atoms. The van der Waals surface area contributed by atoms with E-state index < -0.39 is 11.6 Å². The average Bonchev–Trinajstić information content (AvgIpc) is 2.83. The van der Waals surface area contributed by atoms with Gasteiger partial charge in [0.25, 0.3) is 0 Å². The molecule has 184 valence electrons. The number of benzene rings is 1. The van der Waals surface area contributed by atoms with Crippen LogP contribution in [0.3, 0.4) is 0 Å². The molecule has 3 aliphatic carbocycles. The van der Waals surface area contributed by atoms with E-state index in [-0.39, 0.29) is 23.6 Å². The van der Waals surface area contributed by atoms with Crippen LogP contribution in [0.25, 0.3) is 0 Å². The summed E-state index contributed by atoms with van der Waals surface area (Å²) in [7, 11) is 0. The van der Waals surface area contributed by atoms with Gasteiger partial charge in [-0.25, -0.2) is 13.2 Å². The SMILES string of the molecule is CCCC1CCC(c2ccc(C3CCC(CCC4C=C(F)C(C)CC4)CC3)c(F)c2F)CC1. The highest BCUT2D eigenvalue weighted by Gasteiger charge is 2.30. The molecule has 0 N–H and O–H groups in total. The van der Waals surface area contributed by atoms with Crippen LogP contribution in [0.1, 0.15) is 127 Å². The third kappa shape index (κ3) is 6.06. The predicted octanol–water partition coefficient (Wildman–Crippen LogP) is 9.99. The van der Waals surface area contributed by atoms with E-state index >= 15 is 8.78 Å². The van der Waals surface area contributed by atoms with E-state index in [4.69, 9.17) is 0 Å². The molecule has 0 aliphatic heterocycles. The van der Waals surface area contributed by atoms with Gasteiger partial charge < -0.3 is 0 Å². The van der Waals surface area contributed by atoms with Gasteiger partial charge in [-0.2, -0.15) is 0 Å². The highest BCUT2D eigenvalue weighted by molar-refractivity contribution is 5.32. The summed E-state index contributed by atoms with van der Waals surface area (Å²) in [5, 5.41) is 0. The smallest absolute Gasteiger partial charge is 0.162 e. The van der Waals surface area contributed by atoms with Gasteiger partial charge in [0.1, 0.15) is 0 Å². The van der Waals surface area contributed by atoms with Crippen molar-refractivity contribution in [3.63, 3.8) is 0 Å². The highest BCUT2D eigenvalue weighted by atomic mass is 19.2. The molecule has 2 fully saturated rings. The van der Waals surface area contributed by atoms with Crippen LogP contribution in [0.2, 0.25) is 0 Å². The van der Waals surface area contributed by atoms with E-state index in [1.54, 1.807) is 0 Å². The summed E-state index contributed by atoms with van der Waals surface area (Å²) >= 11 is 0. The van der Waals surface area contributed by atoms with Gasteiger partial charge in [-0.05, 0) is 124 Å². The number of allylic oxidation sites excluding steroid dienone is 2. The fraction of sp³-hybridized carbons (Fsp3) is 0.733. The van der Waals surface area contributed by atoms with Gasteiger partial charge in [-0.1, -0.05) is 38.8 Å². The lowest BCUT2D eigenvalue weighted by molar-refractivity contribution is 0.278. The van der Waals surface area contributed by atoms with Crippen molar-refractivity contribution in [2.45, 2.75) is 116 Å². The standard InChI is InChI=1S/C30H43F3/c1-3-4-21-9-13-24(14-10-21)26-17-18-27(30(33)29(26)32)25-15-11-22(12-16-25)7-8-23-6-5-20(2)28(31)19-23/h17-25H,3-16H2,1-2H3. The maximum absolute atomic E-state index is 15.1. The largest absolute Gasteiger partial charge is 0.212 e. The maximum Gasteiger partial charge on any atom is 0.162 e. The first-order valence-corrected chi connectivity index (χ1v) is 13.8. The van der Waals surface area contributed by atoms with Crippen molar-refractivity contribution in [3.8, 4) is 0 Å². The first kappa shape index (κ1) is 24.9. The van der Waals surface area contributed by atoms with Gasteiger partial charge in [0.15, 0.2) is 11.6 Å². The van der Waals surface area contributed by atoms with Crippen LogP contribution in [-0.2, 0) is 0 Å². The second kappa shape index (κ2) is 11.5. The molecule has 2 saturated carbocycles. The van der Waals surface area contributed by atoms with Crippen LogP contribution in [0.4, 0.5) is 13.2 Å². The molecule has 3 aliphatic rings. The Labute approximate surface area is 199 Å². The Hall–Kier alpha value is -1.25. The quantitative estimate of drug-likeness (QED) is 0.380. The fourth-order valence-electron chi connectivity index (χ4n) is 6.89. The molecule has 33 heavy (non-hydrogen) atoms. The van der Waals surface area contributed by atoms with Crippen LogP contribution < -0.4 is 0 Å². The van der Waals surface area contributed by atoms with Crippen molar-refractivity contribution in [1.82, 2.24) is 0 Å². The molecule has 0 saturated heterocycles. The first-order chi connectivity index (χ1) is 16.0. The highest BCUT2D eigenvalue weighted by Crippen LogP contribution is 2.43. The fourth-order valence-corrected chi connectivity index (χ4v) is 6.89. The molecule has 0 amide bonds. The summed E-state index contributed by atoms with van der Waals surface area (Å²) in [6, 6.07) is 3.79. The summed E-state index contributed by atoms with van der Waals surface area (Å²) in [4.78, 5) is 0. The van der Waals surface area contributed by atoms with Crippen LogP contribution in [-0.4, -0.2) is 0 Å². The Kier molecular flexibility index (Phi) is 8.63. The van der Waals surface area contributed by atoms with Crippen molar-refractivity contribution in [3.05, 3.63) is 46.8 Å². The van der Waals surface area contributed by atoms with Gasteiger partial charge in [0.05, 0.1) is 5.83 Å². The Morgan fingerprint density at radius 1 is 0.667 bits per heavy atom. The van der Waals surface area contributed by atoms with Crippen molar-refractivity contribution >= 4 is 0 Å². The molecule has 0 bridgehead atoms. The molecule has 3 heteroatoms. The zero-order valence-corrected chi connectivity index (χ0v) is 20.7. The zero-order valence-electron chi connectivity index (χ0n) is 20.7. The van der Waals surface area contributed by atoms with Gasteiger partial charge in [0, 0.05) is 5.92 Å². The Morgan fingerprint density at radius 3 is 1.67 bits per heavy atom. The molecular formula is C30H43F3. The number of halogens is 3. The third-order valence-corrected chi connectivity index (χ3v) is 9.19. The zero-order chi connectivity index (χ0) is 23.4. The molecule has 1 aromatic carbocycles. The van der Waals surface area contributed by atoms with Gasteiger partial charge in [-0.3, -0.25) is 0 Å². The van der Waals surface area contributed by atoms with Crippen molar-refractivity contribution in [2.24, 2.45) is 23.7 Å². The molecule has 2 atom stereocenters. The van der Waals surface area contributed by atoms with Crippen LogP contribution >= 0.6 is 0 Å². The van der Waals surface area contributed by atoms with Crippen molar-refractivity contribution in [1.29, 1.82) is 0 Å². The van der Waals surface area contributed by atoms with Crippen LogP contribution in [0.5, 0.6) is 0 Å². The lowest BCUT2D eigenvalue weighted by Gasteiger charge is -2.31. The Morgan fingerprint density at radius 2 is 1.18 bits per heavy atom. The minimum atomic E-state index is -0.580. The van der Waals surface area contributed by atoms with Crippen LogP contribution in [0, 0.1) is 35.3 Å². The summed E-state index contributed by atoms with van der Waals surface area (Å²) in [6.45, 7) is 4.19. The number of hydrogen-bond donors (Lipinski definition) is 0. The average molecular weight is 461 g/mol. The normalized spacial score (nSPS) is 33.1. The molecule has 0 heterocycles. The Balaban J connectivity index is 1.29. The molecule has 2 unspecified atom stereocenters. The number of rotatable bonds is 7. The number of hydrogen-bond acceptors (Lipinski definition) is 0. The molecular weight excluding hydrogens is 417 g/mol. The third-order valence-electron chi connectivity index (χ3n) is 9.19. The van der Waals surface area contributed by atoms with E-state index in [1.165, 1.54) is 12.8 Å². The molecule has 0 radical (unpaired) electrons. The van der Waals surface area contributed by atoms with Crippen molar-refractivity contribution in [2.75, 3.05) is 0 Å². The lowest BCUT2D eigenvalue weighted by atomic mass is 9.74.